The number of aliphatic carboxylic acids is 1. The fourth-order valence-electron chi connectivity index (χ4n) is 2.74. The molecule has 6 nitrogen and oxygen atoms in total. The van der Waals surface area contributed by atoms with Crippen LogP contribution in [0.1, 0.15) is 32.7 Å². The van der Waals surface area contributed by atoms with Crippen LogP contribution in [0.2, 0.25) is 0 Å². The molecule has 104 valence electrons. The minimum absolute atomic E-state index is 0.118. The molecular weight excluding hydrogens is 262 g/mol. The monoisotopic (exact) mass is 275 g/mol. The average Bonchev–Trinajstić information content (AvgIpc) is 2.96. The molecular formula is C14H13NO5. The topological polar surface area (TPSA) is 83.9 Å². The van der Waals surface area contributed by atoms with Crippen LogP contribution in [0.15, 0.2) is 18.2 Å². The van der Waals surface area contributed by atoms with Crippen molar-refractivity contribution in [2.75, 3.05) is 13.2 Å². The lowest BCUT2D eigenvalue weighted by Gasteiger charge is -2.31. The number of amides is 2. The second kappa shape index (κ2) is 4.14. The molecule has 0 bridgehead atoms. The molecule has 2 aliphatic rings. The van der Waals surface area contributed by atoms with Crippen molar-refractivity contribution >= 4 is 17.8 Å². The van der Waals surface area contributed by atoms with E-state index in [1.807, 2.05) is 6.92 Å². The lowest BCUT2D eigenvalue weighted by atomic mass is 9.96. The van der Waals surface area contributed by atoms with Gasteiger partial charge in [-0.15, -0.1) is 0 Å². The highest BCUT2D eigenvalue weighted by molar-refractivity contribution is 6.23. The Bertz CT molecular complexity index is 630. The number of carbonyl (C=O) groups excluding carboxylic acids is 2. The van der Waals surface area contributed by atoms with E-state index in [9.17, 15) is 19.5 Å². The maximum absolute atomic E-state index is 12.4. The Hall–Kier alpha value is -2.21. The number of aryl methyl sites for hydroxylation is 1. The Labute approximate surface area is 114 Å². The number of ether oxygens (including phenoxy) is 1. The molecule has 1 fully saturated rings. The number of carbonyl (C=O) groups is 3. The smallest absolute Gasteiger partial charge is 0.332 e. The molecule has 0 saturated carbocycles. The van der Waals surface area contributed by atoms with E-state index in [1.54, 1.807) is 18.2 Å². The van der Waals surface area contributed by atoms with Gasteiger partial charge in [0.2, 0.25) is 0 Å². The Morgan fingerprint density at radius 1 is 1.30 bits per heavy atom. The molecule has 6 heteroatoms. The number of nitrogens with zero attached hydrogens (tertiary/aromatic N) is 1. The van der Waals surface area contributed by atoms with Gasteiger partial charge in [-0.05, 0) is 19.1 Å². The highest BCUT2D eigenvalue weighted by atomic mass is 16.5. The molecule has 1 N–H and O–H groups in total. The summed E-state index contributed by atoms with van der Waals surface area (Å²) >= 11 is 0. The Balaban J connectivity index is 2.11. The molecule has 0 spiro atoms. The van der Waals surface area contributed by atoms with Crippen LogP contribution in [-0.2, 0) is 9.53 Å². The zero-order chi connectivity index (χ0) is 14.5. The summed E-state index contributed by atoms with van der Waals surface area (Å²) in [6.07, 6.45) is 0.118. The maximum atomic E-state index is 12.4. The van der Waals surface area contributed by atoms with Gasteiger partial charge in [-0.3, -0.25) is 14.5 Å². The summed E-state index contributed by atoms with van der Waals surface area (Å²) in [5.74, 6) is -2.32. The molecule has 1 saturated heterocycles. The lowest BCUT2D eigenvalue weighted by Crippen LogP contribution is -2.57. The normalized spacial score (nSPS) is 25.1. The first kappa shape index (κ1) is 12.8. The summed E-state index contributed by atoms with van der Waals surface area (Å²) < 4.78 is 5.13. The van der Waals surface area contributed by atoms with Crippen molar-refractivity contribution in [3.05, 3.63) is 34.9 Å². The molecule has 20 heavy (non-hydrogen) atoms. The summed E-state index contributed by atoms with van der Waals surface area (Å²) in [5.41, 5.74) is -0.212. The number of rotatable bonds is 2. The van der Waals surface area contributed by atoms with Gasteiger partial charge in [-0.1, -0.05) is 11.6 Å². The van der Waals surface area contributed by atoms with Crippen molar-refractivity contribution in [1.29, 1.82) is 0 Å². The minimum Gasteiger partial charge on any atom is -0.479 e. The fourth-order valence-corrected chi connectivity index (χ4v) is 2.74. The van der Waals surface area contributed by atoms with E-state index in [1.165, 1.54) is 0 Å². The fraction of sp³-hybridized carbons (Fsp3) is 0.357. The van der Waals surface area contributed by atoms with E-state index in [-0.39, 0.29) is 30.8 Å². The Morgan fingerprint density at radius 2 is 2.00 bits per heavy atom. The van der Waals surface area contributed by atoms with E-state index < -0.39 is 23.3 Å². The van der Waals surface area contributed by atoms with Crippen LogP contribution in [0.25, 0.3) is 0 Å². The van der Waals surface area contributed by atoms with Gasteiger partial charge in [0.1, 0.15) is 0 Å². The van der Waals surface area contributed by atoms with E-state index in [0.29, 0.717) is 0 Å². The SMILES string of the molecule is Cc1ccc2c(c1)C(=O)N(C1(C(=O)O)CCOC1)C2=O. The Kier molecular flexibility index (Phi) is 2.65. The van der Waals surface area contributed by atoms with E-state index in [2.05, 4.69) is 0 Å². The number of hydrogen-bond donors (Lipinski definition) is 1. The van der Waals surface area contributed by atoms with Crippen molar-refractivity contribution in [3.63, 3.8) is 0 Å². The number of carboxylic acid groups (broad SMARTS) is 1. The van der Waals surface area contributed by atoms with E-state index in [4.69, 9.17) is 4.74 Å². The molecule has 1 unspecified atom stereocenters. The quantitative estimate of drug-likeness (QED) is 0.808. The standard InChI is InChI=1S/C14H13NO5/c1-8-2-3-9-10(6-8)12(17)15(11(9)16)14(13(18)19)4-5-20-7-14/h2-3,6H,4-5,7H2,1H3,(H,18,19). The summed E-state index contributed by atoms with van der Waals surface area (Å²) in [7, 11) is 0. The lowest BCUT2D eigenvalue weighted by molar-refractivity contribution is -0.148. The first-order valence-corrected chi connectivity index (χ1v) is 6.28. The van der Waals surface area contributed by atoms with Gasteiger partial charge in [0.15, 0.2) is 5.54 Å². The van der Waals surface area contributed by atoms with Crippen molar-refractivity contribution in [2.24, 2.45) is 0 Å². The van der Waals surface area contributed by atoms with Gasteiger partial charge < -0.3 is 9.84 Å². The van der Waals surface area contributed by atoms with Gasteiger partial charge >= 0.3 is 5.97 Å². The predicted octanol–water partition coefficient (Wildman–Crippen LogP) is 0.835. The first-order valence-electron chi connectivity index (χ1n) is 6.28. The zero-order valence-electron chi connectivity index (χ0n) is 10.9. The number of fused-ring (bicyclic) bond motifs is 1. The van der Waals surface area contributed by atoms with Crippen LogP contribution >= 0.6 is 0 Å². The van der Waals surface area contributed by atoms with Gasteiger partial charge in [-0.2, -0.15) is 0 Å². The second-order valence-corrected chi connectivity index (χ2v) is 5.13. The van der Waals surface area contributed by atoms with E-state index >= 15 is 0 Å². The van der Waals surface area contributed by atoms with Gasteiger partial charge in [0.25, 0.3) is 11.8 Å². The first-order chi connectivity index (χ1) is 9.47. The van der Waals surface area contributed by atoms with Crippen molar-refractivity contribution in [3.8, 4) is 0 Å². The predicted molar refractivity (Wildman–Crippen MR) is 67.5 cm³/mol. The zero-order valence-corrected chi connectivity index (χ0v) is 10.9. The molecule has 1 atom stereocenters. The summed E-state index contributed by atoms with van der Waals surface area (Å²) in [4.78, 5) is 37.3. The summed E-state index contributed by atoms with van der Waals surface area (Å²) in [6, 6.07) is 4.91. The van der Waals surface area contributed by atoms with E-state index in [0.717, 1.165) is 10.5 Å². The number of carboxylic acids is 1. The van der Waals surface area contributed by atoms with Crippen LogP contribution in [0, 0.1) is 6.92 Å². The molecule has 0 aromatic heterocycles. The largest absolute Gasteiger partial charge is 0.479 e. The highest BCUT2D eigenvalue weighted by Gasteiger charge is 2.56. The van der Waals surface area contributed by atoms with Crippen LogP contribution in [-0.4, -0.2) is 46.5 Å². The van der Waals surface area contributed by atoms with Crippen LogP contribution in [0.5, 0.6) is 0 Å². The van der Waals surface area contributed by atoms with Crippen LogP contribution in [0.3, 0.4) is 0 Å². The van der Waals surface area contributed by atoms with Crippen molar-refractivity contribution in [2.45, 2.75) is 18.9 Å². The number of hydrogen-bond acceptors (Lipinski definition) is 4. The molecule has 1 aromatic rings. The maximum Gasteiger partial charge on any atom is 0.332 e. The molecule has 0 aliphatic carbocycles. The highest BCUT2D eigenvalue weighted by Crippen LogP contribution is 2.35. The van der Waals surface area contributed by atoms with Crippen molar-refractivity contribution in [1.82, 2.24) is 4.90 Å². The number of imide groups is 1. The van der Waals surface area contributed by atoms with Crippen molar-refractivity contribution < 1.29 is 24.2 Å². The Morgan fingerprint density at radius 3 is 2.60 bits per heavy atom. The molecule has 0 radical (unpaired) electrons. The third-order valence-corrected chi connectivity index (χ3v) is 3.87. The molecule has 2 amide bonds. The molecule has 1 aromatic carbocycles. The van der Waals surface area contributed by atoms with Crippen LogP contribution in [0.4, 0.5) is 0 Å². The summed E-state index contributed by atoms with van der Waals surface area (Å²) in [5, 5.41) is 9.47. The number of benzene rings is 1. The van der Waals surface area contributed by atoms with Crippen LogP contribution < -0.4 is 0 Å². The molecule has 2 aliphatic heterocycles. The molecule has 3 rings (SSSR count). The molecule has 2 heterocycles. The summed E-state index contributed by atoms with van der Waals surface area (Å²) in [6.45, 7) is 1.87. The average molecular weight is 275 g/mol. The van der Waals surface area contributed by atoms with Gasteiger partial charge in [0.05, 0.1) is 17.7 Å². The van der Waals surface area contributed by atoms with Gasteiger partial charge in [-0.25, -0.2) is 4.79 Å². The van der Waals surface area contributed by atoms with Gasteiger partial charge in [0, 0.05) is 13.0 Å². The second-order valence-electron chi connectivity index (χ2n) is 5.13. The minimum atomic E-state index is -1.58. The third-order valence-electron chi connectivity index (χ3n) is 3.87. The third kappa shape index (κ3) is 1.51.